The lowest BCUT2D eigenvalue weighted by molar-refractivity contribution is -0.00517. The normalized spacial score (nSPS) is 23.5. The minimum Gasteiger partial charge on any atom is -0.396 e. The van der Waals surface area contributed by atoms with Gasteiger partial charge in [0.25, 0.3) is 0 Å². The number of benzene rings is 1. The number of nitrogens with one attached hydrogen (secondary N) is 2. The maximum absolute atomic E-state index is 12.3. The zero-order chi connectivity index (χ0) is 17.7. The number of hydrogen-bond acceptors (Lipinski definition) is 4. The molecule has 134 valence electrons. The average Bonchev–Trinajstić information content (AvgIpc) is 2.53. The summed E-state index contributed by atoms with van der Waals surface area (Å²) >= 11 is 0. The second-order valence-electron chi connectivity index (χ2n) is 6.73. The van der Waals surface area contributed by atoms with E-state index >= 15 is 0 Å². The van der Waals surface area contributed by atoms with E-state index in [1.807, 2.05) is 38.1 Å². The lowest BCUT2D eigenvalue weighted by atomic mass is 10.1. The van der Waals surface area contributed by atoms with Crippen molar-refractivity contribution >= 4 is 17.4 Å². The van der Waals surface area contributed by atoms with Crippen LogP contribution in [0.3, 0.4) is 0 Å². The molecular formula is C18H29N3O3. The van der Waals surface area contributed by atoms with Crippen molar-refractivity contribution in [2.45, 2.75) is 45.9 Å². The summed E-state index contributed by atoms with van der Waals surface area (Å²) in [7, 11) is 0. The standard InChI is InChI=1S/C18H29N3O3/c1-12(11-22)15(4)19-18(23)20-16-7-5-6-8-17(16)21-9-13(2)24-14(3)10-21/h5-8,12-15,22H,9-11H2,1-4H3,(H2,19,20,23)/t12-,13+,14+,15+/m0/s1. The Morgan fingerprint density at radius 2 is 1.92 bits per heavy atom. The second kappa shape index (κ2) is 8.35. The van der Waals surface area contributed by atoms with Gasteiger partial charge in [0.2, 0.25) is 0 Å². The number of nitrogens with zero attached hydrogens (tertiary/aromatic N) is 1. The third-order valence-corrected chi connectivity index (χ3v) is 4.41. The first-order chi connectivity index (χ1) is 11.4. The van der Waals surface area contributed by atoms with E-state index < -0.39 is 0 Å². The molecule has 0 bridgehead atoms. The molecule has 6 heteroatoms. The fourth-order valence-electron chi connectivity index (χ4n) is 2.90. The number of amides is 2. The van der Waals surface area contributed by atoms with E-state index in [2.05, 4.69) is 29.4 Å². The van der Waals surface area contributed by atoms with Gasteiger partial charge in [-0.3, -0.25) is 0 Å². The third kappa shape index (κ3) is 4.85. The predicted octanol–water partition coefficient (Wildman–Crippen LogP) is 2.44. The maximum Gasteiger partial charge on any atom is 0.319 e. The van der Waals surface area contributed by atoms with Crippen molar-refractivity contribution in [2.75, 3.05) is 29.9 Å². The molecule has 24 heavy (non-hydrogen) atoms. The monoisotopic (exact) mass is 335 g/mol. The first-order valence-corrected chi connectivity index (χ1v) is 8.58. The van der Waals surface area contributed by atoms with E-state index in [1.54, 1.807) is 0 Å². The number of aliphatic hydroxyl groups excluding tert-OH is 1. The Balaban J connectivity index is 2.07. The van der Waals surface area contributed by atoms with Gasteiger partial charge in [-0.25, -0.2) is 4.79 Å². The Kier molecular flexibility index (Phi) is 6.45. The van der Waals surface area contributed by atoms with Gasteiger partial charge in [-0.05, 0) is 38.8 Å². The van der Waals surface area contributed by atoms with Gasteiger partial charge in [0.15, 0.2) is 0 Å². The lowest BCUT2D eigenvalue weighted by Crippen LogP contribution is -2.46. The molecule has 0 saturated carbocycles. The number of carbonyl (C=O) groups excluding carboxylic acids is 1. The third-order valence-electron chi connectivity index (χ3n) is 4.41. The van der Waals surface area contributed by atoms with Crippen LogP contribution in [0.1, 0.15) is 27.7 Å². The van der Waals surface area contributed by atoms with Crippen LogP contribution in [0.25, 0.3) is 0 Å². The maximum atomic E-state index is 12.3. The highest BCUT2D eigenvalue weighted by molar-refractivity contribution is 5.93. The molecule has 4 atom stereocenters. The Hall–Kier alpha value is -1.79. The van der Waals surface area contributed by atoms with Crippen LogP contribution in [0, 0.1) is 5.92 Å². The van der Waals surface area contributed by atoms with E-state index in [0.717, 1.165) is 24.5 Å². The Morgan fingerprint density at radius 3 is 2.54 bits per heavy atom. The van der Waals surface area contributed by atoms with E-state index in [0.29, 0.717) is 0 Å². The van der Waals surface area contributed by atoms with Gasteiger partial charge < -0.3 is 25.4 Å². The summed E-state index contributed by atoms with van der Waals surface area (Å²) in [4.78, 5) is 14.5. The summed E-state index contributed by atoms with van der Waals surface area (Å²) in [6.45, 7) is 9.53. The molecule has 1 aliphatic heterocycles. The molecule has 0 radical (unpaired) electrons. The molecule has 1 saturated heterocycles. The molecule has 2 rings (SSSR count). The smallest absolute Gasteiger partial charge is 0.319 e. The highest BCUT2D eigenvalue weighted by atomic mass is 16.5. The average molecular weight is 335 g/mol. The molecular weight excluding hydrogens is 306 g/mol. The minimum absolute atomic E-state index is 0.00642. The Morgan fingerprint density at radius 1 is 1.29 bits per heavy atom. The summed E-state index contributed by atoms with van der Waals surface area (Å²) < 4.78 is 5.79. The van der Waals surface area contributed by atoms with Gasteiger partial charge in [-0.1, -0.05) is 19.1 Å². The van der Waals surface area contributed by atoms with Crippen LogP contribution in [0.5, 0.6) is 0 Å². The molecule has 2 amide bonds. The van der Waals surface area contributed by atoms with Gasteiger partial charge in [-0.15, -0.1) is 0 Å². The second-order valence-corrected chi connectivity index (χ2v) is 6.73. The van der Waals surface area contributed by atoms with Crippen molar-refractivity contribution in [3.05, 3.63) is 24.3 Å². The van der Waals surface area contributed by atoms with Crippen molar-refractivity contribution in [2.24, 2.45) is 5.92 Å². The molecule has 0 unspecified atom stereocenters. The molecule has 3 N–H and O–H groups in total. The lowest BCUT2D eigenvalue weighted by Gasteiger charge is -2.37. The first kappa shape index (κ1) is 18.5. The van der Waals surface area contributed by atoms with Crippen LogP contribution >= 0.6 is 0 Å². The van der Waals surface area contributed by atoms with Gasteiger partial charge in [0.05, 0.1) is 23.6 Å². The van der Waals surface area contributed by atoms with Crippen molar-refractivity contribution in [3.8, 4) is 0 Å². The van der Waals surface area contributed by atoms with E-state index in [-0.39, 0.29) is 36.8 Å². The molecule has 1 aliphatic rings. The predicted molar refractivity (Wildman–Crippen MR) is 96.5 cm³/mol. The van der Waals surface area contributed by atoms with E-state index in [1.165, 1.54) is 0 Å². The fraction of sp³-hybridized carbons (Fsp3) is 0.611. The highest BCUT2D eigenvalue weighted by Crippen LogP contribution is 2.28. The van der Waals surface area contributed by atoms with Crippen LogP contribution < -0.4 is 15.5 Å². The largest absolute Gasteiger partial charge is 0.396 e. The number of ether oxygens (including phenoxy) is 1. The van der Waals surface area contributed by atoms with Gasteiger partial charge in [-0.2, -0.15) is 0 Å². The minimum atomic E-state index is -0.260. The van der Waals surface area contributed by atoms with Gasteiger partial charge in [0.1, 0.15) is 0 Å². The number of carbonyl (C=O) groups is 1. The first-order valence-electron chi connectivity index (χ1n) is 8.58. The summed E-state index contributed by atoms with van der Waals surface area (Å²) in [5.41, 5.74) is 1.78. The summed E-state index contributed by atoms with van der Waals surface area (Å²) in [5.74, 6) is 0.00642. The highest BCUT2D eigenvalue weighted by Gasteiger charge is 2.24. The molecule has 1 heterocycles. The Bertz CT molecular complexity index is 542. The van der Waals surface area contributed by atoms with Crippen LogP contribution in [-0.4, -0.2) is 49.1 Å². The van der Waals surface area contributed by atoms with Gasteiger partial charge >= 0.3 is 6.03 Å². The zero-order valence-corrected chi connectivity index (χ0v) is 15.0. The van der Waals surface area contributed by atoms with Crippen molar-refractivity contribution in [3.63, 3.8) is 0 Å². The molecule has 0 aromatic heterocycles. The summed E-state index contributed by atoms with van der Waals surface area (Å²) in [6.07, 6.45) is 0.308. The van der Waals surface area contributed by atoms with Crippen molar-refractivity contribution in [1.82, 2.24) is 5.32 Å². The number of morpholine rings is 1. The number of urea groups is 1. The van der Waals surface area contributed by atoms with Gasteiger partial charge in [0, 0.05) is 25.7 Å². The van der Waals surface area contributed by atoms with Crippen LogP contribution in [0.15, 0.2) is 24.3 Å². The van der Waals surface area contributed by atoms with E-state index in [4.69, 9.17) is 4.74 Å². The zero-order valence-electron chi connectivity index (χ0n) is 15.0. The summed E-state index contributed by atoms with van der Waals surface area (Å²) in [5, 5.41) is 15.0. The number of para-hydroxylation sites is 2. The molecule has 1 fully saturated rings. The SMILES string of the molecule is C[C@@H]1CN(c2ccccc2NC(=O)N[C@H](C)[C@@H](C)CO)C[C@@H](C)O1. The molecule has 1 aromatic rings. The molecule has 6 nitrogen and oxygen atoms in total. The summed E-state index contributed by atoms with van der Waals surface area (Å²) in [6, 6.07) is 7.43. The molecule has 0 aliphatic carbocycles. The number of anilines is 2. The van der Waals surface area contributed by atoms with Crippen LogP contribution in [-0.2, 0) is 4.74 Å². The number of rotatable bonds is 5. The topological polar surface area (TPSA) is 73.8 Å². The van der Waals surface area contributed by atoms with Crippen LogP contribution in [0.4, 0.5) is 16.2 Å². The van der Waals surface area contributed by atoms with Crippen LogP contribution in [0.2, 0.25) is 0 Å². The number of hydrogen-bond donors (Lipinski definition) is 3. The fourth-order valence-corrected chi connectivity index (χ4v) is 2.90. The molecule has 1 aromatic carbocycles. The molecule has 0 spiro atoms. The van der Waals surface area contributed by atoms with E-state index in [9.17, 15) is 9.90 Å². The van der Waals surface area contributed by atoms with Crippen molar-refractivity contribution in [1.29, 1.82) is 0 Å². The number of aliphatic hydroxyl groups is 1. The van der Waals surface area contributed by atoms with Crippen molar-refractivity contribution < 1.29 is 14.6 Å². The Labute approximate surface area is 144 Å². The quantitative estimate of drug-likeness (QED) is 0.773.